The van der Waals surface area contributed by atoms with Crippen LogP contribution in [0.4, 0.5) is 0 Å². The van der Waals surface area contributed by atoms with Crippen LogP contribution in [0.2, 0.25) is 0 Å². The molecule has 4 nitrogen and oxygen atoms in total. The molecule has 0 saturated carbocycles. The number of benzene rings is 1. The highest BCUT2D eigenvalue weighted by atomic mass is 16.5. The maximum atomic E-state index is 9.25. The molecule has 2 rings (SSSR count). The number of phenolic OH excluding ortho intramolecular Hbond substituents is 1. The molecule has 1 aromatic heterocycles. The first-order chi connectivity index (χ1) is 9.06. The second kappa shape index (κ2) is 5.89. The molecule has 102 valence electrons. The van der Waals surface area contributed by atoms with Gasteiger partial charge in [-0.3, -0.25) is 0 Å². The molecule has 0 aliphatic heterocycles. The van der Waals surface area contributed by atoms with E-state index in [1.54, 1.807) is 12.1 Å². The monoisotopic (exact) mass is 260 g/mol. The van der Waals surface area contributed by atoms with Crippen molar-refractivity contribution >= 4 is 0 Å². The summed E-state index contributed by atoms with van der Waals surface area (Å²) in [5, 5.41) is 16.7. The van der Waals surface area contributed by atoms with Crippen molar-refractivity contribution in [2.75, 3.05) is 0 Å². The smallest absolute Gasteiger partial charge is 0.138 e. The van der Waals surface area contributed by atoms with Crippen LogP contribution in [-0.4, -0.2) is 16.3 Å². The molecule has 0 radical (unpaired) electrons. The molecule has 0 saturated heterocycles. The van der Waals surface area contributed by atoms with E-state index in [9.17, 15) is 5.11 Å². The molecule has 4 heteroatoms. The van der Waals surface area contributed by atoms with Gasteiger partial charge in [-0.15, -0.1) is 0 Å². The van der Waals surface area contributed by atoms with Gasteiger partial charge in [0.1, 0.15) is 11.5 Å². The molecule has 1 unspecified atom stereocenters. The van der Waals surface area contributed by atoms with E-state index in [2.05, 4.69) is 17.4 Å². The van der Waals surface area contributed by atoms with E-state index in [1.165, 1.54) is 5.56 Å². The lowest BCUT2D eigenvalue weighted by molar-refractivity contribution is 0.391. The minimum Gasteiger partial charge on any atom is -0.508 e. The van der Waals surface area contributed by atoms with E-state index >= 15 is 0 Å². The minimum absolute atomic E-state index is 0.306. The molecule has 19 heavy (non-hydrogen) atoms. The lowest BCUT2D eigenvalue weighted by Gasteiger charge is -2.13. The number of rotatable bonds is 5. The van der Waals surface area contributed by atoms with Crippen LogP contribution in [0.5, 0.6) is 5.75 Å². The van der Waals surface area contributed by atoms with Crippen molar-refractivity contribution in [3.63, 3.8) is 0 Å². The third kappa shape index (κ3) is 3.58. The average molecular weight is 260 g/mol. The van der Waals surface area contributed by atoms with Crippen molar-refractivity contribution in [2.24, 2.45) is 0 Å². The average Bonchev–Trinajstić information content (AvgIpc) is 2.70. The molecule has 0 aliphatic rings. The molecular weight excluding hydrogens is 240 g/mol. The Morgan fingerprint density at radius 2 is 1.95 bits per heavy atom. The fourth-order valence-electron chi connectivity index (χ4n) is 2.09. The maximum Gasteiger partial charge on any atom is 0.138 e. The summed E-state index contributed by atoms with van der Waals surface area (Å²) in [6.45, 7) is 6.80. The van der Waals surface area contributed by atoms with Gasteiger partial charge in [-0.25, -0.2) is 0 Å². The molecular formula is C15H20N2O2. The highest BCUT2D eigenvalue weighted by molar-refractivity contribution is 5.26. The normalized spacial score (nSPS) is 12.6. The van der Waals surface area contributed by atoms with Crippen molar-refractivity contribution in [3.8, 4) is 5.75 Å². The number of phenols is 1. The fourth-order valence-corrected chi connectivity index (χ4v) is 2.09. The van der Waals surface area contributed by atoms with Crippen molar-refractivity contribution in [1.82, 2.24) is 10.5 Å². The first-order valence-electron chi connectivity index (χ1n) is 6.49. The van der Waals surface area contributed by atoms with Gasteiger partial charge in [-0.1, -0.05) is 17.3 Å². The molecule has 0 aliphatic carbocycles. The van der Waals surface area contributed by atoms with E-state index in [4.69, 9.17) is 4.52 Å². The van der Waals surface area contributed by atoms with E-state index in [0.29, 0.717) is 11.8 Å². The summed E-state index contributed by atoms with van der Waals surface area (Å²) >= 11 is 0. The summed E-state index contributed by atoms with van der Waals surface area (Å²) in [7, 11) is 0. The molecule has 2 aromatic rings. The van der Waals surface area contributed by atoms with Crippen LogP contribution in [0.3, 0.4) is 0 Å². The zero-order chi connectivity index (χ0) is 13.8. The van der Waals surface area contributed by atoms with Gasteiger partial charge in [0.25, 0.3) is 0 Å². The first-order valence-corrected chi connectivity index (χ1v) is 6.49. The molecule has 1 aromatic carbocycles. The molecule has 0 bridgehead atoms. The second-order valence-electron chi connectivity index (χ2n) is 4.96. The molecule has 0 spiro atoms. The second-order valence-corrected chi connectivity index (χ2v) is 4.96. The van der Waals surface area contributed by atoms with Gasteiger partial charge >= 0.3 is 0 Å². The van der Waals surface area contributed by atoms with Gasteiger partial charge < -0.3 is 14.9 Å². The van der Waals surface area contributed by atoms with Crippen molar-refractivity contribution in [1.29, 1.82) is 0 Å². The number of nitrogens with zero attached hydrogens (tertiary/aromatic N) is 1. The fraction of sp³-hybridized carbons (Fsp3) is 0.400. The third-order valence-electron chi connectivity index (χ3n) is 3.29. The molecule has 2 N–H and O–H groups in total. The molecule has 0 fully saturated rings. The van der Waals surface area contributed by atoms with Gasteiger partial charge in [0.2, 0.25) is 0 Å². The summed E-state index contributed by atoms with van der Waals surface area (Å²) in [6.07, 6.45) is 0.920. The van der Waals surface area contributed by atoms with E-state index < -0.39 is 0 Å². The Balaban J connectivity index is 1.88. The van der Waals surface area contributed by atoms with Gasteiger partial charge in [-0.05, 0) is 44.9 Å². The van der Waals surface area contributed by atoms with E-state index in [-0.39, 0.29) is 0 Å². The van der Waals surface area contributed by atoms with Crippen LogP contribution in [-0.2, 0) is 13.0 Å². The topological polar surface area (TPSA) is 58.3 Å². The van der Waals surface area contributed by atoms with Crippen molar-refractivity contribution < 1.29 is 9.63 Å². The van der Waals surface area contributed by atoms with Gasteiger partial charge in [0.15, 0.2) is 0 Å². The van der Waals surface area contributed by atoms with Crippen molar-refractivity contribution in [2.45, 2.75) is 39.8 Å². The number of aromatic hydroxyl groups is 1. The van der Waals surface area contributed by atoms with Gasteiger partial charge in [0.05, 0.1) is 5.69 Å². The van der Waals surface area contributed by atoms with Crippen LogP contribution in [0.15, 0.2) is 28.8 Å². The Morgan fingerprint density at radius 3 is 2.53 bits per heavy atom. The Kier molecular flexibility index (Phi) is 4.22. The Bertz CT molecular complexity index is 512. The van der Waals surface area contributed by atoms with Crippen LogP contribution >= 0.6 is 0 Å². The Hall–Kier alpha value is -1.81. The minimum atomic E-state index is 0.306. The Morgan fingerprint density at radius 1 is 1.26 bits per heavy atom. The summed E-state index contributed by atoms with van der Waals surface area (Å²) in [6, 6.07) is 7.68. The van der Waals surface area contributed by atoms with E-state index in [0.717, 1.165) is 30.0 Å². The quantitative estimate of drug-likeness (QED) is 0.868. The largest absolute Gasteiger partial charge is 0.508 e. The molecule has 1 heterocycles. The number of hydrogen-bond acceptors (Lipinski definition) is 4. The predicted molar refractivity (Wildman–Crippen MR) is 74.1 cm³/mol. The highest BCUT2D eigenvalue weighted by Gasteiger charge is 2.10. The number of nitrogens with one attached hydrogen (secondary N) is 1. The summed E-state index contributed by atoms with van der Waals surface area (Å²) in [5.41, 5.74) is 3.29. The number of aryl methyl sites for hydroxylation is 2. The zero-order valence-corrected chi connectivity index (χ0v) is 11.6. The standard InChI is InChI=1S/C15H20N2O2/c1-10(8-13-4-6-14(18)7-5-13)16-9-15-11(2)17-19-12(15)3/h4-7,10,16,18H,8-9H2,1-3H3. The van der Waals surface area contributed by atoms with Gasteiger partial charge in [0, 0.05) is 18.2 Å². The van der Waals surface area contributed by atoms with Crippen molar-refractivity contribution in [3.05, 3.63) is 46.8 Å². The highest BCUT2D eigenvalue weighted by Crippen LogP contribution is 2.13. The number of hydrogen-bond donors (Lipinski definition) is 2. The zero-order valence-electron chi connectivity index (χ0n) is 11.6. The lowest BCUT2D eigenvalue weighted by Crippen LogP contribution is -2.27. The SMILES string of the molecule is Cc1noc(C)c1CNC(C)Cc1ccc(O)cc1. The maximum absolute atomic E-state index is 9.25. The summed E-state index contributed by atoms with van der Waals surface area (Å²) in [4.78, 5) is 0. The van der Waals surface area contributed by atoms with Crippen LogP contribution in [0.1, 0.15) is 29.5 Å². The van der Waals surface area contributed by atoms with E-state index in [1.807, 2.05) is 26.0 Å². The first kappa shape index (κ1) is 13.6. The van der Waals surface area contributed by atoms with Crippen LogP contribution in [0, 0.1) is 13.8 Å². The number of aromatic nitrogens is 1. The predicted octanol–water partition coefficient (Wildman–Crippen LogP) is 2.72. The van der Waals surface area contributed by atoms with Crippen LogP contribution in [0.25, 0.3) is 0 Å². The Labute approximate surface area is 113 Å². The lowest BCUT2D eigenvalue weighted by atomic mass is 10.1. The molecule has 0 amide bonds. The third-order valence-corrected chi connectivity index (χ3v) is 3.29. The van der Waals surface area contributed by atoms with Crippen LogP contribution < -0.4 is 5.32 Å². The summed E-state index contributed by atoms with van der Waals surface area (Å²) < 4.78 is 5.14. The molecule has 1 atom stereocenters. The summed E-state index contributed by atoms with van der Waals surface area (Å²) in [5.74, 6) is 1.18. The van der Waals surface area contributed by atoms with Gasteiger partial charge in [-0.2, -0.15) is 0 Å².